The molecule has 0 N–H and O–H groups in total. The third kappa shape index (κ3) is 5.79. The Hall–Kier alpha value is -3.81. The maximum absolute atomic E-state index is 13.7. The number of carbonyl (C=O) groups is 2. The van der Waals surface area contributed by atoms with Crippen LogP contribution in [-0.4, -0.2) is 32.8 Å². The number of hydrogen-bond acceptors (Lipinski definition) is 5. The summed E-state index contributed by atoms with van der Waals surface area (Å²) in [6, 6.07) is 22.2. The number of fused-ring (bicyclic) bond motifs is 1. The predicted molar refractivity (Wildman–Crippen MR) is 151 cm³/mol. The highest BCUT2D eigenvalue weighted by atomic mass is 35.5. The van der Waals surface area contributed by atoms with Gasteiger partial charge in [0.15, 0.2) is 10.9 Å². The monoisotopic (exact) mass is 530 g/mol. The molecule has 5 aromatic rings. The van der Waals surface area contributed by atoms with Gasteiger partial charge in [0.2, 0.25) is 0 Å². The molecule has 0 fully saturated rings. The number of anilines is 1. The number of imidazole rings is 1. The van der Waals surface area contributed by atoms with E-state index in [4.69, 9.17) is 4.98 Å². The fourth-order valence-electron chi connectivity index (χ4n) is 4.19. The summed E-state index contributed by atoms with van der Waals surface area (Å²) in [5, 5.41) is 0.686. The minimum absolute atomic E-state index is 0. The molecule has 0 aliphatic rings. The smallest absolute Gasteiger partial charge is 0.260 e. The van der Waals surface area contributed by atoms with E-state index < -0.39 is 0 Å². The average molecular weight is 531 g/mol. The minimum Gasteiger partial charge on any atom is -0.337 e. The lowest BCUT2D eigenvalue weighted by Gasteiger charge is -2.20. The first-order valence-electron chi connectivity index (χ1n) is 12.0. The highest BCUT2D eigenvalue weighted by Crippen LogP contribution is 2.32. The summed E-state index contributed by atoms with van der Waals surface area (Å²) in [6.45, 7) is 3.38. The van der Waals surface area contributed by atoms with Gasteiger partial charge in [-0.2, -0.15) is 0 Å². The third-order valence-electron chi connectivity index (χ3n) is 6.14. The molecule has 2 aromatic heterocycles. The molecule has 0 unspecified atom stereocenters. The number of amides is 1. The Morgan fingerprint density at radius 2 is 1.65 bits per heavy atom. The molecule has 0 radical (unpaired) electrons. The first-order chi connectivity index (χ1) is 17.6. The Balaban J connectivity index is 0.00000320. The SMILES string of the molecule is CCc1cccc2sc(N(CCCn3ccnc3)C(=O)c3ccc(C(=O)c4ccccc4)cc3)nc12.Cl. The molecule has 0 atom stereocenters. The van der Waals surface area contributed by atoms with Crippen LogP contribution in [0, 0.1) is 0 Å². The lowest BCUT2D eigenvalue weighted by atomic mass is 10.0. The fraction of sp³-hybridized carbons (Fsp3) is 0.172. The second-order valence-electron chi connectivity index (χ2n) is 8.50. The number of aryl methyl sites for hydroxylation is 2. The summed E-state index contributed by atoms with van der Waals surface area (Å²) in [4.78, 5) is 37.2. The van der Waals surface area contributed by atoms with Gasteiger partial charge in [0.25, 0.3) is 5.91 Å². The van der Waals surface area contributed by atoms with Crippen LogP contribution in [0.15, 0.2) is 91.5 Å². The van der Waals surface area contributed by atoms with Gasteiger partial charge in [-0.25, -0.2) is 9.97 Å². The van der Waals surface area contributed by atoms with Crippen LogP contribution in [0.3, 0.4) is 0 Å². The predicted octanol–water partition coefficient (Wildman–Crippen LogP) is 6.45. The highest BCUT2D eigenvalue weighted by molar-refractivity contribution is 7.22. The van der Waals surface area contributed by atoms with E-state index in [0.717, 1.165) is 29.6 Å². The van der Waals surface area contributed by atoms with Crippen molar-refractivity contribution in [2.75, 3.05) is 11.4 Å². The zero-order chi connectivity index (χ0) is 24.9. The van der Waals surface area contributed by atoms with E-state index in [9.17, 15) is 9.59 Å². The molecule has 1 amide bonds. The molecule has 0 aliphatic heterocycles. The van der Waals surface area contributed by atoms with Gasteiger partial charge in [-0.3, -0.25) is 14.5 Å². The van der Waals surface area contributed by atoms with Crippen LogP contribution in [0.5, 0.6) is 0 Å². The number of para-hydroxylation sites is 1. The number of aromatic nitrogens is 3. The molecular formula is C29H27ClN4O2S. The van der Waals surface area contributed by atoms with Gasteiger partial charge in [0.1, 0.15) is 0 Å². The molecular weight excluding hydrogens is 504 g/mol. The maximum Gasteiger partial charge on any atom is 0.260 e. The van der Waals surface area contributed by atoms with Gasteiger partial charge < -0.3 is 4.57 Å². The van der Waals surface area contributed by atoms with Gasteiger partial charge in [-0.1, -0.05) is 72.9 Å². The summed E-state index contributed by atoms with van der Waals surface area (Å²) in [5.41, 5.74) is 3.83. The number of benzene rings is 3. The molecule has 0 saturated carbocycles. The van der Waals surface area contributed by atoms with Gasteiger partial charge in [-0.05, 0) is 36.6 Å². The molecule has 5 rings (SSSR count). The second kappa shape index (κ2) is 12.0. The van der Waals surface area contributed by atoms with Gasteiger partial charge in [-0.15, -0.1) is 12.4 Å². The lowest BCUT2D eigenvalue weighted by molar-refractivity contribution is 0.0984. The summed E-state index contributed by atoms with van der Waals surface area (Å²) in [6.07, 6.45) is 7.08. The van der Waals surface area contributed by atoms with E-state index in [1.54, 1.807) is 53.8 Å². The normalized spacial score (nSPS) is 10.7. The number of hydrogen-bond donors (Lipinski definition) is 0. The van der Waals surface area contributed by atoms with Gasteiger partial charge in [0, 0.05) is 42.2 Å². The summed E-state index contributed by atoms with van der Waals surface area (Å²) in [7, 11) is 0. The third-order valence-corrected chi connectivity index (χ3v) is 7.18. The Labute approximate surface area is 226 Å². The molecule has 0 spiro atoms. The van der Waals surface area contributed by atoms with E-state index in [-0.39, 0.29) is 24.1 Å². The molecule has 3 aromatic carbocycles. The van der Waals surface area contributed by atoms with E-state index in [1.807, 2.05) is 41.1 Å². The standard InChI is InChI=1S/C29H26N4O2S.ClH/c1-2-21-10-6-11-25-26(21)31-29(36-25)33(18-7-17-32-19-16-30-20-32)28(35)24-14-12-23(13-15-24)27(34)22-8-4-3-5-9-22;/h3-6,8-16,19-20H,2,7,17-18H2,1H3;1H. The molecule has 0 saturated heterocycles. The Kier molecular flexibility index (Phi) is 8.48. The zero-order valence-corrected chi connectivity index (χ0v) is 22.0. The van der Waals surface area contributed by atoms with E-state index >= 15 is 0 Å². The Bertz CT molecular complexity index is 1480. The zero-order valence-electron chi connectivity index (χ0n) is 20.4. The van der Waals surface area contributed by atoms with Crippen LogP contribution in [0.25, 0.3) is 10.2 Å². The summed E-state index contributed by atoms with van der Waals surface area (Å²) < 4.78 is 3.07. The van der Waals surface area contributed by atoms with Crippen LogP contribution in [0.2, 0.25) is 0 Å². The van der Waals surface area contributed by atoms with Gasteiger partial charge >= 0.3 is 0 Å². The number of carbonyl (C=O) groups excluding carboxylic acids is 2. The highest BCUT2D eigenvalue weighted by Gasteiger charge is 2.22. The van der Waals surface area contributed by atoms with E-state index in [1.165, 1.54) is 16.9 Å². The number of halogens is 1. The molecule has 0 aliphatic carbocycles. The van der Waals surface area contributed by atoms with Crippen molar-refractivity contribution < 1.29 is 9.59 Å². The number of rotatable bonds is 9. The molecule has 37 heavy (non-hydrogen) atoms. The first kappa shape index (κ1) is 26.3. The van der Waals surface area contributed by atoms with Crippen molar-refractivity contribution >= 4 is 50.8 Å². The van der Waals surface area contributed by atoms with Gasteiger partial charge in [0.05, 0.1) is 16.5 Å². The van der Waals surface area contributed by atoms with Crippen LogP contribution >= 0.6 is 23.7 Å². The van der Waals surface area contributed by atoms with E-state index in [0.29, 0.717) is 28.4 Å². The Morgan fingerprint density at radius 3 is 2.35 bits per heavy atom. The van der Waals surface area contributed by atoms with Crippen molar-refractivity contribution in [1.29, 1.82) is 0 Å². The number of nitrogens with zero attached hydrogens (tertiary/aromatic N) is 4. The quantitative estimate of drug-likeness (QED) is 0.205. The fourth-order valence-corrected chi connectivity index (χ4v) is 5.22. The minimum atomic E-state index is -0.128. The number of ketones is 1. The maximum atomic E-state index is 13.7. The van der Waals surface area contributed by atoms with E-state index in [2.05, 4.69) is 18.0 Å². The van der Waals surface area contributed by atoms with Crippen LogP contribution in [0.4, 0.5) is 5.13 Å². The van der Waals surface area contributed by atoms with Crippen molar-refractivity contribution in [3.05, 3.63) is 114 Å². The summed E-state index contributed by atoms with van der Waals surface area (Å²) >= 11 is 1.53. The van der Waals surface area contributed by atoms with Crippen molar-refractivity contribution in [3.8, 4) is 0 Å². The van der Waals surface area contributed by atoms with Crippen LogP contribution in [0.1, 0.15) is 45.2 Å². The molecule has 188 valence electrons. The van der Waals surface area contributed by atoms with Crippen molar-refractivity contribution in [2.24, 2.45) is 0 Å². The van der Waals surface area contributed by atoms with Crippen molar-refractivity contribution in [1.82, 2.24) is 14.5 Å². The first-order valence-corrected chi connectivity index (χ1v) is 12.8. The number of thiazole rings is 1. The second-order valence-corrected chi connectivity index (χ2v) is 9.51. The summed E-state index contributed by atoms with van der Waals surface area (Å²) in [5.74, 6) is -0.193. The van der Waals surface area contributed by atoms with Crippen molar-refractivity contribution in [2.45, 2.75) is 26.3 Å². The molecule has 2 heterocycles. The molecule has 6 nitrogen and oxygen atoms in total. The largest absolute Gasteiger partial charge is 0.337 e. The lowest BCUT2D eigenvalue weighted by Crippen LogP contribution is -2.32. The molecule has 0 bridgehead atoms. The average Bonchev–Trinajstić information content (AvgIpc) is 3.61. The van der Waals surface area contributed by atoms with Crippen LogP contribution < -0.4 is 4.90 Å². The molecule has 8 heteroatoms. The van der Waals surface area contributed by atoms with Crippen LogP contribution in [-0.2, 0) is 13.0 Å². The Morgan fingerprint density at radius 1 is 0.919 bits per heavy atom. The van der Waals surface area contributed by atoms with Crippen molar-refractivity contribution in [3.63, 3.8) is 0 Å². The topological polar surface area (TPSA) is 68.1 Å².